The minimum Gasteiger partial charge on any atom is -0.388 e. The zero-order chi connectivity index (χ0) is 13.5. The second kappa shape index (κ2) is 7.00. The molecule has 17 heavy (non-hydrogen) atoms. The van der Waals surface area contributed by atoms with Gasteiger partial charge in [-0.2, -0.15) is 0 Å². The molecule has 0 aliphatic rings. The summed E-state index contributed by atoms with van der Waals surface area (Å²) in [6, 6.07) is 0. The van der Waals surface area contributed by atoms with E-state index < -0.39 is 5.60 Å². The van der Waals surface area contributed by atoms with Gasteiger partial charge in [0.15, 0.2) is 0 Å². The molecule has 0 unspecified atom stereocenters. The first-order valence-electron chi connectivity index (χ1n) is 6.71. The van der Waals surface area contributed by atoms with E-state index in [0.29, 0.717) is 25.8 Å². The number of hydrogen-bond acceptors (Lipinski definition) is 2. The van der Waals surface area contributed by atoms with Crippen LogP contribution in [0.3, 0.4) is 0 Å². The maximum atomic E-state index is 11.6. The largest absolute Gasteiger partial charge is 0.388 e. The Hall–Kier alpha value is -0.570. The highest BCUT2D eigenvalue weighted by atomic mass is 16.3. The monoisotopic (exact) mass is 243 g/mol. The van der Waals surface area contributed by atoms with Gasteiger partial charge in [0.05, 0.1) is 5.60 Å². The third kappa shape index (κ3) is 8.19. The second-order valence-electron chi connectivity index (χ2n) is 6.12. The number of carbonyl (C=O) groups is 1. The van der Waals surface area contributed by atoms with Crippen LogP contribution in [0.2, 0.25) is 0 Å². The predicted octanol–water partition coefficient (Wildman–Crippen LogP) is 2.87. The molecule has 1 amide bonds. The fourth-order valence-corrected chi connectivity index (χ4v) is 1.63. The zero-order valence-corrected chi connectivity index (χ0v) is 12.1. The number of hydrogen-bond donors (Lipinski definition) is 2. The Kier molecular flexibility index (Phi) is 6.76. The maximum Gasteiger partial charge on any atom is 0.220 e. The fourth-order valence-electron chi connectivity index (χ4n) is 1.63. The van der Waals surface area contributed by atoms with Crippen molar-refractivity contribution in [1.82, 2.24) is 5.32 Å². The maximum absolute atomic E-state index is 11.6. The van der Waals surface area contributed by atoms with Crippen LogP contribution in [0.4, 0.5) is 0 Å². The highest BCUT2D eigenvalue weighted by Gasteiger charge is 2.22. The zero-order valence-electron chi connectivity index (χ0n) is 12.1. The highest BCUT2D eigenvalue weighted by Crippen LogP contribution is 2.21. The third-order valence-corrected chi connectivity index (χ3v) is 3.26. The van der Waals surface area contributed by atoms with Gasteiger partial charge in [-0.05, 0) is 31.1 Å². The van der Waals surface area contributed by atoms with E-state index in [1.165, 1.54) is 0 Å². The van der Waals surface area contributed by atoms with Crippen molar-refractivity contribution in [1.29, 1.82) is 0 Å². The SMILES string of the molecule is CCC(O)(CC)CNC(=O)CCCC(C)(C)C. The summed E-state index contributed by atoms with van der Waals surface area (Å²) < 4.78 is 0. The average Bonchev–Trinajstić information content (AvgIpc) is 2.24. The molecule has 0 aliphatic carbocycles. The average molecular weight is 243 g/mol. The van der Waals surface area contributed by atoms with Crippen molar-refractivity contribution in [2.24, 2.45) is 5.41 Å². The Labute approximate surface area is 106 Å². The number of aliphatic hydroxyl groups is 1. The molecule has 0 aromatic carbocycles. The lowest BCUT2D eigenvalue weighted by molar-refractivity contribution is -0.122. The lowest BCUT2D eigenvalue weighted by Crippen LogP contribution is -2.42. The van der Waals surface area contributed by atoms with Gasteiger partial charge >= 0.3 is 0 Å². The number of carbonyl (C=O) groups excluding carboxylic acids is 1. The summed E-state index contributed by atoms with van der Waals surface area (Å²) in [5, 5.41) is 12.8. The van der Waals surface area contributed by atoms with Gasteiger partial charge in [-0.15, -0.1) is 0 Å². The lowest BCUT2D eigenvalue weighted by Gasteiger charge is -2.25. The molecule has 0 aliphatic heterocycles. The molecule has 0 rings (SSSR count). The molecule has 0 fully saturated rings. The first kappa shape index (κ1) is 16.4. The van der Waals surface area contributed by atoms with E-state index in [1.54, 1.807) is 0 Å². The van der Waals surface area contributed by atoms with Crippen molar-refractivity contribution >= 4 is 5.91 Å². The Balaban J connectivity index is 3.81. The molecule has 102 valence electrons. The first-order chi connectivity index (χ1) is 7.72. The summed E-state index contributed by atoms with van der Waals surface area (Å²) in [7, 11) is 0. The van der Waals surface area contributed by atoms with E-state index >= 15 is 0 Å². The topological polar surface area (TPSA) is 49.3 Å². The molecular formula is C14H29NO2. The van der Waals surface area contributed by atoms with Crippen LogP contribution in [-0.2, 0) is 4.79 Å². The van der Waals surface area contributed by atoms with Crippen LogP contribution in [0.1, 0.15) is 66.7 Å². The fraction of sp³-hybridized carbons (Fsp3) is 0.929. The number of rotatable bonds is 7. The molecule has 3 heteroatoms. The van der Waals surface area contributed by atoms with Crippen molar-refractivity contribution in [2.75, 3.05) is 6.54 Å². The van der Waals surface area contributed by atoms with Crippen molar-refractivity contribution in [3.05, 3.63) is 0 Å². The van der Waals surface area contributed by atoms with E-state index in [1.807, 2.05) is 13.8 Å². The summed E-state index contributed by atoms with van der Waals surface area (Å²) in [5.41, 5.74) is -0.451. The van der Waals surface area contributed by atoms with Gasteiger partial charge in [0.25, 0.3) is 0 Å². The summed E-state index contributed by atoms with van der Waals surface area (Å²) in [5.74, 6) is 0.0505. The Bertz CT molecular complexity index is 227. The minimum absolute atomic E-state index is 0.0505. The highest BCUT2D eigenvalue weighted by molar-refractivity contribution is 5.75. The lowest BCUT2D eigenvalue weighted by atomic mass is 9.90. The van der Waals surface area contributed by atoms with Crippen molar-refractivity contribution in [3.8, 4) is 0 Å². The van der Waals surface area contributed by atoms with Crippen molar-refractivity contribution in [2.45, 2.75) is 72.3 Å². The number of nitrogens with one attached hydrogen (secondary N) is 1. The van der Waals surface area contributed by atoms with E-state index in [4.69, 9.17) is 0 Å². The Morgan fingerprint density at radius 2 is 1.71 bits per heavy atom. The van der Waals surface area contributed by atoms with Gasteiger partial charge in [0.1, 0.15) is 0 Å². The molecule has 0 radical (unpaired) electrons. The molecule has 0 saturated carbocycles. The van der Waals surface area contributed by atoms with Crippen molar-refractivity contribution < 1.29 is 9.90 Å². The van der Waals surface area contributed by atoms with Crippen LogP contribution in [0, 0.1) is 5.41 Å². The first-order valence-corrected chi connectivity index (χ1v) is 6.71. The molecule has 0 heterocycles. The molecule has 0 aromatic heterocycles. The molecule has 0 spiro atoms. The van der Waals surface area contributed by atoms with E-state index in [0.717, 1.165) is 12.8 Å². The van der Waals surface area contributed by atoms with Crippen LogP contribution in [0.5, 0.6) is 0 Å². The van der Waals surface area contributed by atoms with Crippen LogP contribution in [-0.4, -0.2) is 23.2 Å². The second-order valence-corrected chi connectivity index (χ2v) is 6.12. The summed E-state index contributed by atoms with van der Waals surface area (Å²) in [6.45, 7) is 10.8. The van der Waals surface area contributed by atoms with E-state index in [9.17, 15) is 9.90 Å². The van der Waals surface area contributed by atoms with Crippen LogP contribution < -0.4 is 5.32 Å². The van der Waals surface area contributed by atoms with Crippen LogP contribution in [0.15, 0.2) is 0 Å². The third-order valence-electron chi connectivity index (χ3n) is 3.26. The molecule has 0 atom stereocenters. The van der Waals surface area contributed by atoms with Gasteiger partial charge in [-0.1, -0.05) is 34.6 Å². The standard InChI is InChI=1S/C14H29NO2/c1-6-14(17,7-2)11-15-12(16)9-8-10-13(3,4)5/h17H,6-11H2,1-5H3,(H,15,16). The molecule has 0 saturated heterocycles. The quantitative estimate of drug-likeness (QED) is 0.722. The van der Waals surface area contributed by atoms with Gasteiger partial charge in [0, 0.05) is 13.0 Å². The molecule has 0 aromatic rings. The van der Waals surface area contributed by atoms with Crippen molar-refractivity contribution in [3.63, 3.8) is 0 Å². The summed E-state index contributed by atoms with van der Waals surface area (Å²) >= 11 is 0. The number of amides is 1. The molecule has 3 nitrogen and oxygen atoms in total. The molecule has 0 bridgehead atoms. The van der Waals surface area contributed by atoms with Crippen LogP contribution in [0.25, 0.3) is 0 Å². The molecular weight excluding hydrogens is 214 g/mol. The van der Waals surface area contributed by atoms with Gasteiger partial charge in [0.2, 0.25) is 5.91 Å². The van der Waals surface area contributed by atoms with Crippen LogP contribution >= 0.6 is 0 Å². The summed E-state index contributed by atoms with van der Waals surface area (Å²) in [4.78, 5) is 11.6. The van der Waals surface area contributed by atoms with E-state index in [2.05, 4.69) is 26.1 Å². The van der Waals surface area contributed by atoms with Gasteiger partial charge < -0.3 is 10.4 Å². The van der Waals surface area contributed by atoms with Gasteiger partial charge in [-0.25, -0.2) is 0 Å². The normalized spacial score (nSPS) is 12.6. The summed E-state index contributed by atoms with van der Waals surface area (Å²) in [6.07, 6.45) is 3.86. The minimum atomic E-state index is -0.736. The van der Waals surface area contributed by atoms with Gasteiger partial charge in [-0.3, -0.25) is 4.79 Å². The molecule has 2 N–H and O–H groups in total. The van der Waals surface area contributed by atoms with E-state index in [-0.39, 0.29) is 11.3 Å². The predicted molar refractivity (Wildman–Crippen MR) is 71.8 cm³/mol. The smallest absolute Gasteiger partial charge is 0.220 e. The Morgan fingerprint density at radius 3 is 2.12 bits per heavy atom. The Morgan fingerprint density at radius 1 is 1.18 bits per heavy atom.